The maximum Gasteiger partial charge on any atom is 0.205 e. The first kappa shape index (κ1) is 20.5. The van der Waals surface area contributed by atoms with Gasteiger partial charge in [-0.05, 0) is 28.6 Å². The number of hydrogen-bond donors (Lipinski definition) is 1. The van der Waals surface area contributed by atoms with E-state index in [0.717, 1.165) is 27.5 Å². The van der Waals surface area contributed by atoms with Gasteiger partial charge in [-0.1, -0.05) is 72.8 Å². The van der Waals surface area contributed by atoms with Gasteiger partial charge in [0.25, 0.3) is 0 Å². The van der Waals surface area contributed by atoms with Crippen molar-refractivity contribution >= 4 is 10.8 Å². The lowest BCUT2D eigenvalue weighted by molar-refractivity contribution is 0.284. The summed E-state index contributed by atoms with van der Waals surface area (Å²) in [6, 6.07) is 29.9. The van der Waals surface area contributed by atoms with E-state index >= 15 is 0 Å². The second kappa shape index (κ2) is 8.60. The van der Waals surface area contributed by atoms with Gasteiger partial charge in [-0.3, -0.25) is 0 Å². The molecule has 0 unspecified atom stereocenters. The number of nitriles is 1. The van der Waals surface area contributed by atoms with Gasteiger partial charge in [0, 0.05) is 10.9 Å². The molecule has 0 radical (unpaired) electrons. The zero-order valence-electron chi connectivity index (χ0n) is 18.1. The summed E-state index contributed by atoms with van der Waals surface area (Å²) in [6.07, 6.45) is 0. The van der Waals surface area contributed by atoms with Gasteiger partial charge in [-0.15, -0.1) is 0 Å². The summed E-state index contributed by atoms with van der Waals surface area (Å²) in [7, 11) is 1.61. The van der Waals surface area contributed by atoms with Crippen LogP contribution < -0.4 is 19.9 Å². The number of methoxy groups -OCH3 is 1. The smallest absolute Gasteiger partial charge is 0.205 e. The Morgan fingerprint density at radius 1 is 0.939 bits per heavy atom. The molecule has 5 rings (SSSR count). The number of fused-ring (bicyclic) bond motifs is 3. The number of hydrogen-bond acceptors (Lipinski definition) is 5. The molecular formula is C28H22N2O3. The zero-order chi connectivity index (χ0) is 22.8. The van der Waals surface area contributed by atoms with Crippen LogP contribution in [0.5, 0.6) is 17.2 Å². The first-order valence-corrected chi connectivity index (χ1v) is 10.6. The van der Waals surface area contributed by atoms with Crippen LogP contribution in [-0.2, 0) is 6.61 Å². The van der Waals surface area contributed by atoms with Crippen molar-refractivity contribution < 1.29 is 14.2 Å². The lowest BCUT2D eigenvalue weighted by atomic mass is 9.82. The number of ether oxygens (including phenoxy) is 3. The highest BCUT2D eigenvalue weighted by atomic mass is 16.5. The summed E-state index contributed by atoms with van der Waals surface area (Å²) in [5.74, 6) is 1.65. The maximum atomic E-state index is 9.90. The highest BCUT2D eigenvalue weighted by Gasteiger charge is 2.32. The van der Waals surface area contributed by atoms with E-state index in [2.05, 4.69) is 6.07 Å². The first-order valence-electron chi connectivity index (χ1n) is 10.6. The molecule has 0 bridgehead atoms. The van der Waals surface area contributed by atoms with Gasteiger partial charge in [-0.2, -0.15) is 5.26 Å². The Morgan fingerprint density at radius 3 is 2.52 bits per heavy atom. The van der Waals surface area contributed by atoms with E-state index in [1.54, 1.807) is 7.11 Å². The Kier molecular flexibility index (Phi) is 5.34. The number of nitrogens with zero attached hydrogens (tertiary/aromatic N) is 1. The van der Waals surface area contributed by atoms with Crippen molar-refractivity contribution in [3.05, 3.63) is 113 Å². The standard InChI is InChI=1S/C28H22N2O3/c1-31-25-15-20(12-14-24(25)32-17-18-7-3-2-4-8-18)26-22-13-11-19-9-5-6-10-21(19)27(22)33-28(30)23(26)16-29/h2-15,26H,17,30H2,1H3/t26-/m1/s1. The highest BCUT2D eigenvalue weighted by Crippen LogP contribution is 2.46. The fourth-order valence-corrected chi connectivity index (χ4v) is 4.25. The van der Waals surface area contributed by atoms with Crippen LogP contribution in [0.25, 0.3) is 10.8 Å². The minimum atomic E-state index is -0.375. The van der Waals surface area contributed by atoms with Crippen molar-refractivity contribution in [1.29, 1.82) is 5.26 Å². The number of allylic oxidation sites excluding steroid dienone is 1. The van der Waals surface area contributed by atoms with Crippen LogP contribution in [0.15, 0.2) is 96.4 Å². The summed E-state index contributed by atoms with van der Waals surface area (Å²) < 4.78 is 17.6. The Morgan fingerprint density at radius 2 is 1.73 bits per heavy atom. The van der Waals surface area contributed by atoms with Crippen LogP contribution in [0.2, 0.25) is 0 Å². The van der Waals surface area contributed by atoms with Crippen molar-refractivity contribution in [3.63, 3.8) is 0 Å². The van der Waals surface area contributed by atoms with Gasteiger partial charge in [0.1, 0.15) is 24.0 Å². The fourth-order valence-electron chi connectivity index (χ4n) is 4.25. The summed E-state index contributed by atoms with van der Waals surface area (Å²) in [5.41, 5.74) is 9.42. The molecule has 0 fully saturated rings. The van der Waals surface area contributed by atoms with Crippen molar-refractivity contribution in [2.24, 2.45) is 5.73 Å². The third-order valence-electron chi connectivity index (χ3n) is 5.87. The Hall–Kier alpha value is -4.43. The molecule has 5 heteroatoms. The molecular weight excluding hydrogens is 412 g/mol. The molecule has 5 nitrogen and oxygen atoms in total. The van der Waals surface area contributed by atoms with E-state index in [1.165, 1.54) is 0 Å². The third kappa shape index (κ3) is 3.72. The monoisotopic (exact) mass is 434 g/mol. The molecule has 4 aromatic rings. The molecule has 33 heavy (non-hydrogen) atoms. The molecule has 1 aliphatic heterocycles. The predicted molar refractivity (Wildman–Crippen MR) is 127 cm³/mol. The Balaban J connectivity index is 1.56. The van der Waals surface area contributed by atoms with E-state index < -0.39 is 0 Å². The summed E-state index contributed by atoms with van der Waals surface area (Å²) >= 11 is 0. The largest absolute Gasteiger partial charge is 0.493 e. The molecule has 162 valence electrons. The van der Waals surface area contributed by atoms with Crippen LogP contribution in [0.4, 0.5) is 0 Å². The summed E-state index contributed by atoms with van der Waals surface area (Å²) in [4.78, 5) is 0. The van der Waals surface area contributed by atoms with Crippen LogP contribution in [0.1, 0.15) is 22.6 Å². The van der Waals surface area contributed by atoms with Gasteiger partial charge in [0.2, 0.25) is 5.88 Å². The van der Waals surface area contributed by atoms with E-state index in [0.29, 0.717) is 29.4 Å². The molecule has 0 saturated heterocycles. The van der Waals surface area contributed by atoms with Gasteiger partial charge < -0.3 is 19.9 Å². The second-order valence-electron chi connectivity index (χ2n) is 7.81. The van der Waals surface area contributed by atoms with Gasteiger partial charge >= 0.3 is 0 Å². The Bertz CT molecular complexity index is 1400. The van der Waals surface area contributed by atoms with Gasteiger partial charge in [-0.25, -0.2) is 0 Å². The normalized spacial score (nSPS) is 14.8. The molecule has 1 heterocycles. The van der Waals surface area contributed by atoms with E-state index in [-0.39, 0.29) is 11.8 Å². The minimum absolute atomic E-state index is 0.120. The highest BCUT2D eigenvalue weighted by molar-refractivity contribution is 5.91. The fraction of sp³-hybridized carbons (Fsp3) is 0.107. The lowest BCUT2D eigenvalue weighted by Crippen LogP contribution is -2.21. The minimum Gasteiger partial charge on any atom is -0.493 e. The molecule has 0 aliphatic carbocycles. The average molecular weight is 434 g/mol. The van der Waals surface area contributed by atoms with Crippen LogP contribution in [-0.4, -0.2) is 7.11 Å². The van der Waals surface area contributed by atoms with Gasteiger partial charge in [0.15, 0.2) is 11.5 Å². The molecule has 1 aliphatic rings. The van der Waals surface area contributed by atoms with E-state index in [1.807, 2.05) is 84.9 Å². The van der Waals surface area contributed by atoms with Crippen molar-refractivity contribution in [1.82, 2.24) is 0 Å². The molecule has 4 aromatic carbocycles. The molecule has 0 spiro atoms. The van der Waals surface area contributed by atoms with Crippen molar-refractivity contribution in [2.45, 2.75) is 12.5 Å². The molecule has 1 atom stereocenters. The zero-order valence-corrected chi connectivity index (χ0v) is 18.1. The predicted octanol–water partition coefficient (Wildman–Crippen LogP) is 5.65. The van der Waals surface area contributed by atoms with Crippen molar-refractivity contribution in [2.75, 3.05) is 7.11 Å². The lowest BCUT2D eigenvalue weighted by Gasteiger charge is -2.28. The molecule has 0 amide bonds. The van der Waals surface area contributed by atoms with E-state index in [9.17, 15) is 5.26 Å². The van der Waals surface area contributed by atoms with Crippen LogP contribution >= 0.6 is 0 Å². The topological polar surface area (TPSA) is 77.5 Å². The SMILES string of the molecule is COc1cc([C@H]2C(C#N)=C(N)Oc3c2ccc2ccccc32)ccc1OCc1ccccc1. The molecule has 2 N–H and O–H groups in total. The average Bonchev–Trinajstić information content (AvgIpc) is 2.87. The van der Waals surface area contributed by atoms with Crippen LogP contribution in [0, 0.1) is 11.3 Å². The Labute approximate surface area is 192 Å². The molecule has 0 saturated carbocycles. The number of nitrogens with two attached hydrogens (primary N) is 1. The van der Waals surface area contributed by atoms with Gasteiger partial charge in [0.05, 0.1) is 13.0 Å². The summed E-state index contributed by atoms with van der Waals surface area (Å²) in [6.45, 7) is 0.429. The quantitative estimate of drug-likeness (QED) is 0.439. The maximum absolute atomic E-state index is 9.90. The third-order valence-corrected chi connectivity index (χ3v) is 5.87. The van der Waals surface area contributed by atoms with Crippen LogP contribution in [0.3, 0.4) is 0 Å². The number of benzene rings is 4. The second-order valence-corrected chi connectivity index (χ2v) is 7.81. The molecule has 0 aromatic heterocycles. The summed E-state index contributed by atoms with van der Waals surface area (Å²) in [5, 5.41) is 11.9. The van der Waals surface area contributed by atoms with E-state index in [4.69, 9.17) is 19.9 Å². The first-order chi connectivity index (χ1) is 16.2. The van der Waals surface area contributed by atoms with Crippen molar-refractivity contribution in [3.8, 4) is 23.3 Å². The number of rotatable bonds is 5.